The Morgan fingerprint density at radius 3 is 2.42 bits per heavy atom. The van der Waals surface area contributed by atoms with E-state index in [1.165, 1.54) is 4.31 Å². The van der Waals surface area contributed by atoms with Gasteiger partial charge >= 0.3 is 16.3 Å². The van der Waals surface area contributed by atoms with Crippen LogP contribution in [0.3, 0.4) is 0 Å². The van der Waals surface area contributed by atoms with Crippen LogP contribution in [0.4, 0.5) is 4.79 Å². The Labute approximate surface area is 240 Å². The van der Waals surface area contributed by atoms with Gasteiger partial charge in [-0.15, -0.1) is 0 Å². The average molecular weight is 585 g/mol. The maximum absolute atomic E-state index is 12.4. The van der Waals surface area contributed by atoms with Crippen molar-refractivity contribution in [1.29, 1.82) is 0 Å². The summed E-state index contributed by atoms with van der Waals surface area (Å²) >= 11 is 0. The van der Waals surface area contributed by atoms with Gasteiger partial charge in [0.15, 0.2) is 0 Å². The highest BCUT2D eigenvalue weighted by molar-refractivity contribution is 7.87. The first kappa shape index (κ1) is 30.5. The fraction of sp³-hybridized carbons (Fsp3) is 0.967. The number of carbonyl (C=O) groups is 1. The van der Waals surface area contributed by atoms with Crippen LogP contribution in [0.15, 0.2) is 0 Å². The molecule has 5 aliphatic rings. The van der Waals surface area contributed by atoms with Gasteiger partial charge in [0, 0.05) is 13.1 Å². The Morgan fingerprint density at radius 1 is 1.05 bits per heavy atom. The Morgan fingerprint density at radius 2 is 1.73 bits per heavy atom. The van der Waals surface area contributed by atoms with Crippen molar-refractivity contribution in [3.8, 4) is 0 Å². The van der Waals surface area contributed by atoms with E-state index < -0.39 is 16.3 Å². The second-order valence-corrected chi connectivity index (χ2v) is 15.8. The monoisotopic (exact) mass is 584 g/mol. The number of hydrogen-bond donors (Lipinski definition) is 3. The lowest BCUT2D eigenvalue weighted by molar-refractivity contribution is -0.203. The predicted molar refractivity (Wildman–Crippen MR) is 151 cm³/mol. The molecule has 230 valence electrons. The summed E-state index contributed by atoms with van der Waals surface area (Å²) in [4.78, 5) is 12.3. The molecule has 4 aliphatic carbocycles. The molecule has 11 atom stereocenters. The summed E-state index contributed by atoms with van der Waals surface area (Å²) < 4.78 is 38.6. The zero-order valence-electron chi connectivity index (χ0n) is 24.9. The average Bonchev–Trinajstić information content (AvgIpc) is 3.27. The molecule has 10 heteroatoms. The van der Waals surface area contributed by atoms with E-state index in [9.17, 15) is 23.4 Å². The van der Waals surface area contributed by atoms with E-state index in [1.807, 2.05) is 4.72 Å². The van der Waals surface area contributed by atoms with E-state index in [2.05, 4.69) is 27.7 Å². The van der Waals surface area contributed by atoms with Crippen molar-refractivity contribution >= 4 is 16.3 Å². The van der Waals surface area contributed by atoms with E-state index in [-0.39, 0.29) is 48.7 Å². The number of amides is 1. The van der Waals surface area contributed by atoms with Crippen molar-refractivity contribution in [2.75, 3.05) is 32.9 Å². The number of hydrogen-bond acceptors (Lipinski definition) is 7. The van der Waals surface area contributed by atoms with Crippen LogP contribution in [-0.4, -0.2) is 74.1 Å². The van der Waals surface area contributed by atoms with Gasteiger partial charge < -0.3 is 19.7 Å². The topological polar surface area (TPSA) is 125 Å². The molecule has 0 bridgehead atoms. The zero-order valence-corrected chi connectivity index (χ0v) is 25.7. The number of nitrogens with one attached hydrogen (secondary N) is 1. The molecule has 40 heavy (non-hydrogen) atoms. The van der Waals surface area contributed by atoms with Crippen LogP contribution in [0, 0.1) is 52.3 Å². The van der Waals surface area contributed by atoms with Gasteiger partial charge in [0.2, 0.25) is 0 Å². The minimum atomic E-state index is -3.92. The molecule has 5 rings (SSSR count). The molecular formula is C30H52N2O7S. The lowest BCUT2D eigenvalue weighted by Gasteiger charge is -2.64. The highest BCUT2D eigenvalue weighted by Gasteiger charge is 2.64. The molecule has 0 aromatic heterocycles. The Balaban J connectivity index is 1.21. The standard InChI is InChI=1S/C30H52N2O7S/c1-5-21-25-18-20(33)8-11-30(25,4)24-9-12-29(3)22(6-7-23(29)26(24)27(21)34)19(2)10-15-39-28(35)31-40(36,37)32-13-16-38-17-14-32/h19-27,33-34H,5-18H2,1-4H3,(H,31,35)/t19-,20-,21-,22-,23+,24+,25+,26+,27-,29-,30-/m1/s1. The number of aliphatic hydroxyl groups is 2. The van der Waals surface area contributed by atoms with Gasteiger partial charge in [0.25, 0.3) is 0 Å². The molecule has 0 spiro atoms. The highest BCUT2D eigenvalue weighted by atomic mass is 32.2. The maximum Gasteiger partial charge on any atom is 0.421 e. The van der Waals surface area contributed by atoms with E-state index in [1.54, 1.807) is 0 Å². The normalized spacial score (nSPS) is 44.6. The van der Waals surface area contributed by atoms with Crippen molar-refractivity contribution < 1.29 is 32.9 Å². The maximum atomic E-state index is 12.4. The SMILES string of the molecule is CC[C@H]1[C@@H](O)[C@@H]2[C@H](CC[C@]3(C)[C@@H]([C@H](C)CCOC(=O)NS(=O)(=O)N4CCOCC4)CC[C@@H]23)[C@@]2(C)CC[C@@H](O)C[C@@H]12. The molecule has 1 heterocycles. The molecule has 3 N–H and O–H groups in total. The summed E-state index contributed by atoms with van der Waals surface area (Å²) in [6, 6.07) is 0. The summed E-state index contributed by atoms with van der Waals surface area (Å²) in [6.45, 7) is 10.6. The van der Waals surface area contributed by atoms with Gasteiger partial charge in [-0.1, -0.05) is 34.1 Å². The number of ether oxygens (including phenoxy) is 2. The van der Waals surface area contributed by atoms with Crippen LogP contribution in [0.5, 0.6) is 0 Å². The molecule has 0 aromatic rings. The summed E-state index contributed by atoms with van der Waals surface area (Å²) in [7, 11) is -3.92. The first-order valence-corrected chi connectivity index (χ1v) is 17.2. The number of aliphatic hydroxyl groups excluding tert-OH is 2. The quantitative estimate of drug-likeness (QED) is 0.414. The summed E-state index contributed by atoms with van der Waals surface area (Å²) in [5.41, 5.74) is 0.330. The third kappa shape index (κ3) is 5.33. The van der Waals surface area contributed by atoms with Crippen LogP contribution in [0.2, 0.25) is 0 Å². The van der Waals surface area contributed by atoms with Gasteiger partial charge in [-0.2, -0.15) is 12.7 Å². The van der Waals surface area contributed by atoms with Gasteiger partial charge in [-0.05, 0) is 104 Å². The Hall–Kier alpha value is -0.940. The second-order valence-electron chi connectivity index (χ2n) is 14.1. The van der Waals surface area contributed by atoms with E-state index in [4.69, 9.17) is 9.47 Å². The molecular weight excluding hydrogens is 532 g/mol. The lowest BCUT2D eigenvalue weighted by atomic mass is 9.41. The smallest absolute Gasteiger partial charge is 0.421 e. The number of rotatable bonds is 7. The summed E-state index contributed by atoms with van der Waals surface area (Å²) in [5, 5.41) is 22.4. The summed E-state index contributed by atoms with van der Waals surface area (Å²) in [5.74, 6) is 2.75. The molecule has 5 fully saturated rings. The molecule has 0 unspecified atom stereocenters. The fourth-order valence-electron chi connectivity index (χ4n) is 10.5. The largest absolute Gasteiger partial charge is 0.449 e. The number of nitrogens with zero attached hydrogens (tertiary/aromatic N) is 1. The first-order chi connectivity index (χ1) is 18.9. The lowest BCUT2D eigenvalue weighted by Crippen LogP contribution is -2.62. The molecule has 1 aliphatic heterocycles. The third-order valence-corrected chi connectivity index (χ3v) is 13.9. The van der Waals surface area contributed by atoms with E-state index in [0.29, 0.717) is 55.1 Å². The fourth-order valence-corrected chi connectivity index (χ4v) is 11.5. The summed E-state index contributed by atoms with van der Waals surface area (Å²) in [6.07, 6.45) is 7.49. The van der Waals surface area contributed by atoms with Crippen LogP contribution in [-0.2, 0) is 19.7 Å². The van der Waals surface area contributed by atoms with Crippen molar-refractivity contribution in [1.82, 2.24) is 9.03 Å². The van der Waals surface area contributed by atoms with Gasteiger partial charge in [0.05, 0.1) is 32.0 Å². The molecule has 1 amide bonds. The Bertz CT molecular complexity index is 1020. The second kappa shape index (κ2) is 11.6. The van der Waals surface area contributed by atoms with E-state index in [0.717, 1.165) is 51.4 Å². The van der Waals surface area contributed by atoms with Crippen molar-refractivity contribution in [2.45, 2.75) is 97.7 Å². The van der Waals surface area contributed by atoms with Gasteiger partial charge in [0.1, 0.15) is 0 Å². The van der Waals surface area contributed by atoms with E-state index >= 15 is 0 Å². The predicted octanol–water partition coefficient (Wildman–Crippen LogP) is 3.94. The number of fused-ring (bicyclic) bond motifs is 5. The minimum Gasteiger partial charge on any atom is -0.449 e. The molecule has 9 nitrogen and oxygen atoms in total. The van der Waals surface area contributed by atoms with Crippen molar-refractivity contribution in [2.24, 2.45) is 52.3 Å². The number of carbonyl (C=O) groups excluding carboxylic acids is 1. The van der Waals surface area contributed by atoms with Crippen molar-refractivity contribution in [3.63, 3.8) is 0 Å². The molecule has 1 saturated heterocycles. The molecule has 0 radical (unpaired) electrons. The van der Waals surface area contributed by atoms with Crippen LogP contribution in [0.25, 0.3) is 0 Å². The zero-order chi connectivity index (χ0) is 28.9. The number of morpholine rings is 1. The minimum absolute atomic E-state index is 0.138. The van der Waals surface area contributed by atoms with Crippen LogP contribution >= 0.6 is 0 Å². The highest BCUT2D eigenvalue weighted by Crippen LogP contribution is 2.69. The first-order valence-electron chi connectivity index (χ1n) is 15.8. The van der Waals surface area contributed by atoms with Crippen LogP contribution < -0.4 is 4.72 Å². The molecule has 0 aromatic carbocycles. The van der Waals surface area contributed by atoms with Gasteiger partial charge in [-0.3, -0.25) is 0 Å². The Kier molecular flexibility index (Phi) is 8.87. The molecule has 4 saturated carbocycles. The van der Waals surface area contributed by atoms with Gasteiger partial charge in [-0.25, -0.2) is 9.52 Å². The third-order valence-electron chi connectivity index (χ3n) is 12.5. The van der Waals surface area contributed by atoms with Crippen molar-refractivity contribution in [3.05, 3.63) is 0 Å². The van der Waals surface area contributed by atoms with Crippen LogP contribution in [0.1, 0.15) is 85.5 Å².